The number of nitrogens with one attached hydrogen (secondary N) is 1. The lowest BCUT2D eigenvalue weighted by Gasteiger charge is -2.32. The molecular weight excluding hydrogens is 625 g/mol. The molecule has 0 saturated carbocycles. The van der Waals surface area contributed by atoms with Crippen LogP contribution in [0.15, 0.2) is 82.2 Å². The average Bonchev–Trinajstić information content (AvgIpc) is 2.91. The average molecular weight is 655 g/mol. The number of carbonyl (C=O) groups excluding carboxylic acids is 2. The third-order valence-corrected chi connectivity index (χ3v) is 9.23. The zero-order valence-corrected chi connectivity index (χ0v) is 25.7. The molecule has 3 rings (SSSR count). The van der Waals surface area contributed by atoms with E-state index < -0.39 is 28.5 Å². The highest BCUT2D eigenvalue weighted by molar-refractivity contribution is 9.10. The van der Waals surface area contributed by atoms with Gasteiger partial charge in [0.2, 0.25) is 11.8 Å². The number of hydrogen-bond acceptors (Lipinski definition) is 4. The van der Waals surface area contributed by atoms with Crippen molar-refractivity contribution in [1.82, 2.24) is 10.2 Å². The van der Waals surface area contributed by atoms with Crippen molar-refractivity contribution < 1.29 is 18.0 Å². The molecule has 0 bridgehead atoms. The minimum absolute atomic E-state index is 0.00461. The van der Waals surface area contributed by atoms with E-state index in [4.69, 9.17) is 23.2 Å². The maximum Gasteiger partial charge on any atom is 0.264 e. The number of anilines is 1. The maximum absolute atomic E-state index is 13.9. The number of hydrogen-bond donors (Lipinski definition) is 1. The summed E-state index contributed by atoms with van der Waals surface area (Å²) in [6.45, 7) is 4.98. The highest BCUT2D eigenvalue weighted by Gasteiger charge is 2.33. The van der Waals surface area contributed by atoms with Gasteiger partial charge in [-0.25, -0.2) is 8.42 Å². The summed E-state index contributed by atoms with van der Waals surface area (Å²) in [5.74, 6) is -0.896. The van der Waals surface area contributed by atoms with Crippen molar-refractivity contribution in [1.29, 1.82) is 0 Å². The summed E-state index contributed by atoms with van der Waals surface area (Å²) in [6, 6.07) is 18.6. The summed E-state index contributed by atoms with van der Waals surface area (Å²) in [5.41, 5.74) is 0.939. The smallest absolute Gasteiger partial charge is 0.264 e. The van der Waals surface area contributed by atoms with Crippen LogP contribution in [0.5, 0.6) is 0 Å². The van der Waals surface area contributed by atoms with Crippen molar-refractivity contribution in [2.75, 3.05) is 10.8 Å². The number of sulfonamides is 1. The van der Waals surface area contributed by atoms with Crippen LogP contribution in [0.2, 0.25) is 10.0 Å². The Labute approximate surface area is 248 Å². The van der Waals surface area contributed by atoms with Gasteiger partial charge in [0.1, 0.15) is 12.6 Å². The van der Waals surface area contributed by atoms with E-state index in [-0.39, 0.29) is 39.1 Å². The molecule has 3 aromatic carbocycles. The summed E-state index contributed by atoms with van der Waals surface area (Å²) < 4.78 is 29.3. The zero-order chi connectivity index (χ0) is 28.7. The number of amides is 2. The normalized spacial score (nSPS) is 12.9. The van der Waals surface area contributed by atoms with Crippen LogP contribution < -0.4 is 9.62 Å². The van der Waals surface area contributed by atoms with Crippen LogP contribution in [0.25, 0.3) is 0 Å². The first-order valence-corrected chi connectivity index (χ1v) is 15.3. The van der Waals surface area contributed by atoms with Crippen molar-refractivity contribution in [3.05, 3.63) is 92.9 Å². The summed E-state index contributed by atoms with van der Waals surface area (Å²) >= 11 is 15.7. The summed E-state index contributed by atoms with van der Waals surface area (Å²) in [5, 5.41) is 3.30. The van der Waals surface area contributed by atoms with Gasteiger partial charge in [-0.05, 0) is 68.3 Å². The lowest BCUT2D eigenvalue weighted by molar-refractivity contribution is -0.139. The molecule has 39 heavy (non-hydrogen) atoms. The Balaban J connectivity index is 2.04. The van der Waals surface area contributed by atoms with Gasteiger partial charge < -0.3 is 10.2 Å². The molecule has 0 fully saturated rings. The quantitative estimate of drug-likeness (QED) is 0.264. The number of halogens is 3. The molecule has 7 nitrogen and oxygen atoms in total. The maximum atomic E-state index is 13.9. The van der Waals surface area contributed by atoms with Crippen molar-refractivity contribution in [2.45, 2.75) is 50.7 Å². The third kappa shape index (κ3) is 7.97. The molecule has 3 aromatic rings. The fraction of sp³-hybridized carbons (Fsp3) is 0.286. The van der Waals surface area contributed by atoms with Gasteiger partial charge in [-0.3, -0.25) is 13.9 Å². The first-order valence-electron chi connectivity index (χ1n) is 12.3. The van der Waals surface area contributed by atoms with Crippen molar-refractivity contribution in [3.63, 3.8) is 0 Å². The fourth-order valence-corrected chi connectivity index (χ4v) is 5.93. The van der Waals surface area contributed by atoms with E-state index in [0.717, 1.165) is 20.8 Å². The molecule has 0 radical (unpaired) electrons. The Hall–Kier alpha value is -2.59. The molecule has 0 saturated heterocycles. The second kappa shape index (κ2) is 13.7. The minimum atomic E-state index is -4.18. The zero-order valence-electron chi connectivity index (χ0n) is 21.8. The molecule has 0 unspecified atom stereocenters. The van der Waals surface area contributed by atoms with Gasteiger partial charge in [-0.15, -0.1) is 0 Å². The molecule has 208 valence electrons. The van der Waals surface area contributed by atoms with Crippen LogP contribution in [-0.4, -0.2) is 43.8 Å². The second-order valence-corrected chi connectivity index (χ2v) is 12.7. The lowest BCUT2D eigenvalue weighted by atomic mass is 10.1. The van der Waals surface area contributed by atoms with Gasteiger partial charge in [0.05, 0.1) is 20.6 Å². The largest absolute Gasteiger partial charge is 0.352 e. The van der Waals surface area contributed by atoms with Crippen LogP contribution in [0.1, 0.15) is 32.8 Å². The predicted octanol–water partition coefficient (Wildman–Crippen LogP) is 6.28. The highest BCUT2D eigenvalue weighted by Crippen LogP contribution is 2.31. The molecule has 0 aromatic heterocycles. The molecule has 1 N–H and O–H groups in total. The van der Waals surface area contributed by atoms with Crippen LogP contribution in [0.3, 0.4) is 0 Å². The van der Waals surface area contributed by atoms with Crippen LogP contribution >= 0.6 is 39.1 Å². The highest BCUT2D eigenvalue weighted by atomic mass is 79.9. The van der Waals surface area contributed by atoms with E-state index in [1.165, 1.54) is 35.2 Å². The fourth-order valence-electron chi connectivity index (χ4n) is 3.77. The minimum Gasteiger partial charge on any atom is -0.352 e. The van der Waals surface area contributed by atoms with E-state index in [1.807, 2.05) is 38.1 Å². The molecule has 11 heteroatoms. The molecule has 0 aliphatic heterocycles. The number of rotatable bonds is 11. The van der Waals surface area contributed by atoms with Gasteiger partial charge in [0.25, 0.3) is 10.0 Å². The van der Waals surface area contributed by atoms with Gasteiger partial charge in [0.15, 0.2) is 0 Å². The number of nitrogens with zero attached hydrogens (tertiary/aromatic N) is 2. The molecular formula is C28H30BrCl2N3O4S. The SMILES string of the molecule is CC[C@H](C)NC(=O)[C@H](C)N(Cc1cccc(Br)c1)C(=O)CN(c1ccc(Cl)c(Cl)c1)S(=O)(=O)c1ccccc1. The van der Waals surface area contributed by atoms with Crippen LogP contribution in [0.4, 0.5) is 5.69 Å². The Kier molecular flexibility index (Phi) is 10.8. The Morgan fingerprint density at radius 2 is 1.64 bits per heavy atom. The van der Waals surface area contributed by atoms with E-state index in [9.17, 15) is 18.0 Å². The molecule has 0 heterocycles. The standard InChI is InChI=1S/C28H30BrCl2N3O4S/c1-4-19(2)32-28(36)20(3)33(17-21-9-8-10-22(29)15-21)27(35)18-34(23-13-14-25(30)26(31)16-23)39(37,38)24-11-6-5-7-12-24/h5-16,19-20H,4,17-18H2,1-3H3,(H,32,36)/t19-,20-/m0/s1. The third-order valence-electron chi connectivity index (χ3n) is 6.21. The van der Waals surface area contributed by atoms with E-state index in [1.54, 1.807) is 25.1 Å². The summed E-state index contributed by atoms with van der Waals surface area (Å²) in [7, 11) is -4.18. The van der Waals surface area contributed by atoms with Crippen LogP contribution in [-0.2, 0) is 26.2 Å². The summed E-state index contributed by atoms with van der Waals surface area (Å²) in [4.78, 5) is 28.4. The van der Waals surface area contributed by atoms with E-state index >= 15 is 0 Å². The van der Waals surface area contributed by atoms with Gasteiger partial charge >= 0.3 is 0 Å². The van der Waals surface area contributed by atoms with E-state index in [2.05, 4.69) is 21.2 Å². The first-order chi connectivity index (χ1) is 18.4. The Morgan fingerprint density at radius 3 is 2.26 bits per heavy atom. The van der Waals surface area contributed by atoms with Gasteiger partial charge in [0, 0.05) is 17.1 Å². The monoisotopic (exact) mass is 653 g/mol. The molecule has 0 aliphatic rings. The van der Waals surface area contributed by atoms with E-state index in [0.29, 0.717) is 0 Å². The summed E-state index contributed by atoms with van der Waals surface area (Å²) in [6.07, 6.45) is 0.721. The second-order valence-electron chi connectivity index (χ2n) is 9.07. The van der Waals surface area contributed by atoms with Crippen molar-refractivity contribution in [2.24, 2.45) is 0 Å². The molecule has 2 amide bonds. The topological polar surface area (TPSA) is 86.8 Å². The first kappa shape index (κ1) is 30.9. The van der Waals surface area contributed by atoms with Crippen molar-refractivity contribution >= 4 is 66.7 Å². The predicted molar refractivity (Wildman–Crippen MR) is 159 cm³/mol. The number of carbonyl (C=O) groups is 2. The number of benzene rings is 3. The Morgan fingerprint density at radius 1 is 0.949 bits per heavy atom. The molecule has 2 atom stereocenters. The molecule has 0 spiro atoms. The van der Waals surface area contributed by atoms with Crippen molar-refractivity contribution in [3.8, 4) is 0 Å². The van der Waals surface area contributed by atoms with Gasteiger partial charge in [-0.1, -0.05) is 76.4 Å². The van der Waals surface area contributed by atoms with Gasteiger partial charge in [-0.2, -0.15) is 0 Å². The molecule has 0 aliphatic carbocycles. The Bertz CT molecular complexity index is 1420. The lowest BCUT2D eigenvalue weighted by Crippen LogP contribution is -2.52. The van der Waals surface area contributed by atoms with Crippen LogP contribution in [0, 0.1) is 0 Å².